The average Bonchev–Trinajstić information content (AvgIpc) is 2.25. The number of alkyl halides is 3. The maximum Gasteiger partial charge on any atom is 0.426 e. The van der Waals surface area contributed by atoms with Crippen LogP contribution in [-0.4, -0.2) is 37.0 Å². The molecule has 0 heterocycles. The number of hydrogen-bond acceptors (Lipinski definition) is 4. The van der Waals surface area contributed by atoms with Crippen molar-refractivity contribution in [1.82, 2.24) is 0 Å². The Labute approximate surface area is 120 Å². The second-order valence-corrected chi connectivity index (χ2v) is 6.11. The summed E-state index contributed by atoms with van der Waals surface area (Å²) in [5.74, 6) is -3.10. The molecule has 1 aromatic rings. The molecule has 0 aromatic heterocycles. The first-order valence-corrected chi connectivity index (χ1v) is 7.37. The molecule has 0 saturated carbocycles. The molecule has 10 heteroatoms. The van der Waals surface area contributed by atoms with E-state index in [0.717, 1.165) is 0 Å². The van der Waals surface area contributed by atoms with Crippen molar-refractivity contribution in [1.29, 1.82) is 0 Å². The molecule has 0 aliphatic rings. The van der Waals surface area contributed by atoms with Crippen molar-refractivity contribution >= 4 is 32.0 Å². The van der Waals surface area contributed by atoms with Gasteiger partial charge < -0.3 is 4.74 Å². The van der Waals surface area contributed by atoms with Gasteiger partial charge in [-0.25, -0.2) is 4.79 Å². The number of ether oxygens (including phenoxy) is 1. The van der Waals surface area contributed by atoms with Crippen LogP contribution in [-0.2, 0) is 14.9 Å². The van der Waals surface area contributed by atoms with Crippen LogP contribution in [0.15, 0.2) is 28.7 Å². The number of esters is 1. The Balaban J connectivity index is 2.93. The predicted octanol–water partition coefficient (Wildman–Crippen LogP) is 2.42. The molecule has 0 bridgehead atoms. The smallest absolute Gasteiger partial charge is 0.426 e. The highest BCUT2D eigenvalue weighted by molar-refractivity contribution is 9.10. The second-order valence-electron chi connectivity index (χ2n) is 3.69. The van der Waals surface area contributed by atoms with Crippen LogP contribution >= 0.6 is 15.9 Å². The predicted molar refractivity (Wildman–Crippen MR) is 65.8 cm³/mol. The van der Waals surface area contributed by atoms with E-state index in [1.807, 2.05) is 0 Å². The van der Waals surface area contributed by atoms with Crippen LogP contribution in [0, 0.1) is 0 Å². The van der Waals surface area contributed by atoms with E-state index in [1.165, 1.54) is 24.3 Å². The Morgan fingerprint density at radius 3 is 2.45 bits per heavy atom. The van der Waals surface area contributed by atoms with Crippen LogP contribution in [0.2, 0.25) is 0 Å². The molecular weight excluding hydrogens is 369 g/mol. The molecule has 20 heavy (non-hydrogen) atoms. The van der Waals surface area contributed by atoms with Gasteiger partial charge in [0.05, 0.1) is 5.56 Å². The molecule has 1 rings (SSSR count). The van der Waals surface area contributed by atoms with E-state index in [-0.39, 0.29) is 5.56 Å². The fourth-order valence-corrected chi connectivity index (χ4v) is 2.24. The number of benzene rings is 1. The SMILES string of the molecule is O=C(OC(CS(=O)(=O)O)C(F)(F)F)c1cccc(Br)c1. The van der Waals surface area contributed by atoms with Crippen molar-refractivity contribution in [2.45, 2.75) is 12.3 Å². The van der Waals surface area contributed by atoms with E-state index in [9.17, 15) is 26.4 Å². The summed E-state index contributed by atoms with van der Waals surface area (Å²) >= 11 is 3.02. The average molecular weight is 377 g/mol. The van der Waals surface area contributed by atoms with Gasteiger partial charge in [-0.2, -0.15) is 21.6 Å². The topological polar surface area (TPSA) is 80.7 Å². The summed E-state index contributed by atoms with van der Waals surface area (Å²) in [6.45, 7) is 0. The lowest BCUT2D eigenvalue weighted by Crippen LogP contribution is -2.39. The molecule has 1 aromatic carbocycles. The maximum atomic E-state index is 12.5. The zero-order valence-corrected chi connectivity index (χ0v) is 12.0. The standard InChI is InChI=1S/C10H8BrF3O5S/c11-7-3-1-2-6(4-7)9(15)19-8(10(12,13)14)5-20(16,17)18/h1-4,8H,5H2,(H,16,17,18). The van der Waals surface area contributed by atoms with Crippen LogP contribution in [0.5, 0.6) is 0 Å². The first-order chi connectivity index (χ1) is 8.99. The first kappa shape index (κ1) is 16.9. The van der Waals surface area contributed by atoms with Crippen LogP contribution in [0.3, 0.4) is 0 Å². The summed E-state index contributed by atoms with van der Waals surface area (Å²) in [4.78, 5) is 11.5. The highest BCUT2D eigenvalue weighted by atomic mass is 79.9. The molecule has 0 fully saturated rings. The lowest BCUT2D eigenvalue weighted by molar-refractivity contribution is -0.197. The molecular formula is C10H8BrF3O5S. The Morgan fingerprint density at radius 1 is 1.40 bits per heavy atom. The van der Waals surface area contributed by atoms with Crippen molar-refractivity contribution < 1.29 is 35.7 Å². The molecule has 5 nitrogen and oxygen atoms in total. The monoisotopic (exact) mass is 376 g/mol. The number of halogens is 4. The van der Waals surface area contributed by atoms with E-state index >= 15 is 0 Å². The highest BCUT2D eigenvalue weighted by Gasteiger charge is 2.45. The summed E-state index contributed by atoms with van der Waals surface area (Å²) in [6, 6.07) is 5.35. The van der Waals surface area contributed by atoms with Crippen molar-refractivity contribution in [3.05, 3.63) is 34.3 Å². The van der Waals surface area contributed by atoms with Gasteiger partial charge in [0.1, 0.15) is 5.75 Å². The molecule has 1 unspecified atom stereocenters. The highest BCUT2D eigenvalue weighted by Crippen LogP contribution is 2.25. The molecule has 1 atom stereocenters. The van der Waals surface area contributed by atoms with Gasteiger partial charge in [0.15, 0.2) is 0 Å². The maximum absolute atomic E-state index is 12.5. The number of rotatable bonds is 4. The molecule has 0 amide bonds. The van der Waals surface area contributed by atoms with Gasteiger partial charge in [-0.15, -0.1) is 0 Å². The molecule has 0 saturated heterocycles. The Hall–Kier alpha value is -1.13. The van der Waals surface area contributed by atoms with Crippen molar-refractivity contribution in [3.63, 3.8) is 0 Å². The summed E-state index contributed by atoms with van der Waals surface area (Å²) in [5, 5.41) is 0. The van der Waals surface area contributed by atoms with Gasteiger partial charge in [-0.3, -0.25) is 4.55 Å². The zero-order chi connectivity index (χ0) is 15.6. The lowest BCUT2D eigenvalue weighted by atomic mass is 10.2. The minimum absolute atomic E-state index is 0.191. The van der Waals surface area contributed by atoms with E-state index in [1.54, 1.807) is 0 Å². The van der Waals surface area contributed by atoms with E-state index in [2.05, 4.69) is 20.7 Å². The van der Waals surface area contributed by atoms with Gasteiger partial charge in [-0.05, 0) is 18.2 Å². The molecule has 1 N–H and O–H groups in total. The van der Waals surface area contributed by atoms with Gasteiger partial charge in [0.2, 0.25) is 6.10 Å². The molecule has 0 radical (unpaired) electrons. The Bertz CT molecular complexity index is 599. The normalized spacial score (nSPS) is 13.8. The van der Waals surface area contributed by atoms with Gasteiger partial charge in [0.25, 0.3) is 10.1 Å². The summed E-state index contributed by atoms with van der Waals surface area (Å²) in [7, 11) is -4.95. The minimum Gasteiger partial charge on any atom is -0.448 e. The third kappa shape index (κ3) is 5.47. The molecule has 112 valence electrons. The van der Waals surface area contributed by atoms with E-state index < -0.39 is 34.1 Å². The summed E-state index contributed by atoms with van der Waals surface area (Å²) < 4.78 is 71.7. The van der Waals surface area contributed by atoms with E-state index in [4.69, 9.17) is 4.55 Å². The molecule has 0 aliphatic carbocycles. The molecule has 0 spiro atoms. The second kappa shape index (κ2) is 6.10. The van der Waals surface area contributed by atoms with Crippen LogP contribution in [0.25, 0.3) is 0 Å². The van der Waals surface area contributed by atoms with Crippen LogP contribution in [0.1, 0.15) is 10.4 Å². The number of carbonyl (C=O) groups excluding carboxylic acids is 1. The van der Waals surface area contributed by atoms with Crippen LogP contribution in [0.4, 0.5) is 13.2 Å². The number of carbonyl (C=O) groups is 1. The zero-order valence-electron chi connectivity index (χ0n) is 9.59. The van der Waals surface area contributed by atoms with E-state index in [0.29, 0.717) is 4.47 Å². The third-order valence-electron chi connectivity index (χ3n) is 2.04. The van der Waals surface area contributed by atoms with Crippen LogP contribution < -0.4 is 0 Å². The van der Waals surface area contributed by atoms with Crippen molar-refractivity contribution in [2.24, 2.45) is 0 Å². The summed E-state index contributed by atoms with van der Waals surface area (Å²) in [5.41, 5.74) is -0.191. The molecule has 0 aliphatic heterocycles. The fraction of sp³-hybridized carbons (Fsp3) is 0.300. The summed E-state index contributed by atoms with van der Waals surface area (Å²) in [6.07, 6.45) is -8.05. The van der Waals surface area contributed by atoms with Gasteiger partial charge >= 0.3 is 12.1 Å². The quantitative estimate of drug-likeness (QED) is 0.644. The van der Waals surface area contributed by atoms with Gasteiger partial charge in [0, 0.05) is 4.47 Å². The fourth-order valence-electron chi connectivity index (χ4n) is 1.20. The largest absolute Gasteiger partial charge is 0.448 e. The first-order valence-electron chi connectivity index (χ1n) is 4.97. The van der Waals surface area contributed by atoms with Gasteiger partial charge in [-0.1, -0.05) is 22.0 Å². The lowest BCUT2D eigenvalue weighted by Gasteiger charge is -2.19. The number of hydrogen-bond donors (Lipinski definition) is 1. The van der Waals surface area contributed by atoms with Crippen molar-refractivity contribution in [2.75, 3.05) is 5.75 Å². The minimum atomic E-state index is -5.11. The Morgan fingerprint density at radius 2 is 2.00 bits per heavy atom. The van der Waals surface area contributed by atoms with Crippen molar-refractivity contribution in [3.8, 4) is 0 Å². The third-order valence-corrected chi connectivity index (χ3v) is 3.25. The Kier molecular flexibility index (Phi) is 5.16.